The second kappa shape index (κ2) is 11.0. The zero-order valence-corrected chi connectivity index (χ0v) is 22.5. The van der Waals surface area contributed by atoms with Crippen LogP contribution in [0.5, 0.6) is 0 Å². The van der Waals surface area contributed by atoms with Crippen molar-refractivity contribution in [2.24, 2.45) is 0 Å². The number of benzene rings is 2. The van der Waals surface area contributed by atoms with Crippen molar-refractivity contribution in [2.45, 2.75) is 12.8 Å². The zero-order valence-electron chi connectivity index (χ0n) is 21.0. The van der Waals surface area contributed by atoms with Gasteiger partial charge in [-0.25, -0.2) is 9.78 Å². The van der Waals surface area contributed by atoms with Gasteiger partial charge in [0.1, 0.15) is 5.02 Å². The highest BCUT2D eigenvalue weighted by Crippen LogP contribution is 2.30. The number of hydrogen-bond donors (Lipinski definition) is 3. The number of para-hydroxylation sites is 1. The third-order valence-electron chi connectivity index (χ3n) is 6.85. The molecule has 0 atom stereocenters. The summed E-state index contributed by atoms with van der Waals surface area (Å²) in [7, 11) is 0. The van der Waals surface area contributed by atoms with Gasteiger partial charge in [0.15, 0.2) is 5.82 Å². The molecule has 198 valence electrons. The number of carbonyl (C=O) groups excluding carboxylic acids is 1. The summed E-state index contributed by atoms with van der Waals surface area (Å²) >= 11 is 12.8. The molecule has 0 spiro atoms. The van der Waals surface area contributed by atoms with E-state index in [1.807, 2.05) is 59.6 Å². The third kappa shape index (κ3) is 5.69. The summed E-state index contributed by atoms with van der Waals surface area (Å²) in [5.74, 6) is 0.899. The fourth-order valence-corrected chi connectivity index (χ4v) is 5.20. The molecule has 2 aromatic heterocycles. The quantitative estimate of drug-likeness (QED) is 0.271. The van der Waals surface area contributed by atoms with Crippen LogP contribution in [0, 0.1) is 0 Å². The van der Waals surface area contributed by atoms with Gasteiger partial charge in [-0.1, -0.05) is 35.3 Å². The van der Waals surface area contributed by atoms with Crippen LogP contribution in [0.4, 0.5) is 39.3 Å². The molecule has 2 aromatic carbocycles. The normalized spacial score (nSPS) is 14.7. The Kier molecular flexibility index (Phi) is 7.08. The number of fused-ring (bicyclic) bond motifs is 6. The van der Waals surface area contributed by atoms with Crippen molar-refractivity contribution in [3.8, 4) is 0 Å². The number of nitrogens with zero attached hydrogens (tertiary/aromatic N) is 5. The smallest absolute Gasteiger partial charge is 0.321 e. The van der Waals surface area contributed by atoms with Gasteiger partial charge in [-0.05, 0) is 60.4 Å². The molecule has 4 heterocycles. The van der Waals surface area contributed by atoms with Crippen LogP contribution in [0.2, 0.25) is 10.0 Å². The second-order valence-electron chi connectivity index (χ2n) is 9.45. The van der Waals surface area contributed by atoms with E-state index in [4.69, 9.17) is 23.2 Å². The largest absolute Gasteiger partial charge is 0.367 e. The van der Waals surface area contributed by atoms with E-state index in [0.717, 1.165) is 45.3 Å². The number of anilines is 6. The predicted molar refractivity (Wildman–Crippen MR) is 156 cm³/mol. The number of amides is 2. The first kappa shape index (κ1) is 25.2. The van der Waals surface area contributed by atoms with Gasteiger partial charge in [0.25, 0.3) is 0 Å². The highest BCUT2D eigenvalue weighted by Gasteiger charge is 2.23. The first-order chi connectivity index (χ1) is 19.0. The monoisotopic (exact) mass is 560 g/mol. The highest BCUT2D eigenvalue weighted by atomic mass is 35.5. The number of piperazine rings is 1. The molecule has 0 unspecified atom stereocenters. The summed E-state index contributed by atoms with van der Waals surface area (Å²) in [6.07, 6.45) is 6.57. The van der Waals surface area contributed by atoms with Crippen molar-refractivity contribution >= 4 is 63.7 Å². The van der Waals surface area contributed by atoms with Crippen LogP contribution in [0.15, 0.2) is 67.1 Å². The fraction of sp³-hybridized carbons (Fsp3) is 0.214. The minimum Gasteiger partial charge on any atom is -0.367 e. The second-order valence-corrected chi connectivity index (χ2v) is 10.3. The third-order valence-corrected chi connectivity index (χ3v) is 7.44. The summed E-state index contributed by atoms with van der Waals surface area (Å²) in [6, 6.07) is 15.5. The van der Waals surface area contributed by atoms with E-state index in [2.05, 4.69) is 35.8 Å². The number of rotatable bonds is 2. The maximum Gasteiger partial charge on any atom is 0.321 e. The Morgan fingerprint density at radius 2 is 1.72 bits per heavy atom. The average molecular weight is 561 g/mol. The van der Waals surface area contributed by atoms with E-state index < -0.39 is 0 Å². The predicted octanol–water partition coefficient (Wildman–Crippen LogP) is 6.12. The molecule has 4 aromatic rings. The van der Waals surface area contributed by atoms with Gasteiger partial charge < -0.3 is 25.8 Å². The topological polar surface area (TPSA) is 98.3 Å². The van der Waals surface area contributed by atoms with Gasteiger partial charge in [0.05, 0.1) is 28.8 Å². The lowest BCUT2D eigenvalue weighted by atomic mass is 10.0. The van der Waals surface area contributed by atoms with Gasteiger partial charge >= 0.3 is 6.03 Å². The SMILES string of the molecule is O=C(Nc1ccc2cc1CCc1cncc(c1)Nc1ncc(Cl)c(n1)N2)N1CCN(c2ccccc2Cl)CC1. The number of halogens is 2. The van der Waals surface area contributed by atoms with Crippen LogP contribution in [0.25, 0.3) is 0 Å². The molecule has 2 aliphatic rings. The molecule has 11 heteroatoms. The number of pyridine rings is 1. The lowest BCUT2D eigenvalue weighted by molar-refractivity contribution is 0.208. The molecule has 6 bridgehead atoms. The van der Waals surface area contributed by atoms with E-state index in [-0.39, 0.29) is 6.03 Å². The minimum atomic E-state index is -0.120. The average Bonchev–Trinajstić information content (AvgIpc) is 2.95. The standard InChI is InChI=1S/C28H26Cl2N8O/c29-22-3-1-2-4-25(22)37-9-11-38(12-10-37)28(39)35-24-8-7-20-14-19(24)6-5-18-13-21(16-31-15-18)34-27-32-17-23(30)26(33-20)36-27/h1-4,7-8,13-17H,5-6,9-12H2,(H,35,39)(H2,32,33,34,36). The molecule has 2 amide bonds. The number of urea groups is 1. The Morgan fingerprint density at radius 3 is 2.56 bits per heavy atom. The number of aryl methyl sites for hydroxylation is 2. The van der Waals surface area contributed by atoms with Gasteiger partial charge in [-0.2, -0.15) is 4.98 Å². The van der Waals surface area contributed by atoms with Crippen molar-refractivity contribution in [1.29, 1.82) is 0 Å². The molecule has 2 aliphatic heterocycles. The Morgan fingerprint density at radius 1 is 0.872 bits per heavy atom. The summed E-state index contributed by atoms with van der Waals surface area (Å²) in [5.41, 5.74) is 5.41. The molecule has 1 saturated heterocycles. The molecular formula is C28H26Cl2N8O. The maximum absolute atomic E-state index is 13.3. The number of nitrogens with one attached hydrogen (secondary N) is 3. The van der Waals surface area contributed by atoms with Crippen molar-refractivity contribution in [3.05, 3.63) is 88.3 Å². The van der Waals surface area contributed by atoms with E-state index >= 15 is 0 Å². The van der Waals surface area contributed by atoms with Gasteiger partial charge in [0.2, 0.25) is 5.95 Å². The Bertz CT molecular complexity index is 1520. The summed E-state index contributed by atoms with van der Waals surface area (Å²) in [6.45, 7) is 2.63. The first-order valence-corrected chi connectivity index (χ1v) is 13.5. The molecular weight excluding hydrogens is 535 g/mol. The molecule has 39 heavy (non-hydrogen) atoms. The molecule has 6 rings (SSSR count). The van der Waals surface area contributed by atoms with E-state index in [0.29, 0.717) is 49.4 Å². The van der Waals surface area contributed by atoms with Crippen LogP contribution < -0.4 is 20.9 Å². The van der Waals surface area contributed by atoms with E-state index in [1.165, 1.54) is 0 Å². The summed E-state index contributed by atoms with van der Waals surface area (Å²) < 4.78 is 0. The number of carbonyl (C=O) groups is 1. The van der Waals surface area contributed by atoms with Crippen LogP contribution in [0.1, 0.15) is 11.1 Å². The fourth-order valence-electron chi connectivity index (χ4n) is 4.81. The van der Waals surface area contributed by atoms with Gasteiger partial charge in [-0.3, -0.25) is 4.98 Å². The van der Waals surface area contributed by atoms with Crippen LogP contribution in [-0.4, -0.2) is 52.1 Å². The zero-order chi connectivity index (χ0) is 26.8. The molecule has 1 fully saturated rings. The summed E-state index contributed by atoms with van der Waals surface area (Å²) in [4.78, 5) is 30.5. The van der Waals surface area contributed by atoms with Crippen LogP contribution >= 0.6 is 23.2 Å². The molecule has 0 radical (unpaired) electrons. The van der Waals surface area contributed by atoms with Crippen molar-refractivity contribution in [1.82, 2.24) is 19.9 Å². The first-order valence-electron chi connectivity index (χ1n) is 12.7. The Hall–Kier alpha value is -4.08. The van der Waals surface area contributed by atoms with Crippen LogP contribution in [-0.2, 0) is 12.8 Å². The lowest BCUT2D eigenvalue weighted by Crippen LogP contribution is -2.50. The number of aromatic nitrogens is 3. The minimum absolute atomic E-state index is 0.120. The maximum atomic E-state index is 13.3. The molecule has 0 aliphatic carbocycles. The molecule has 0 saturated carbocycles. The van der Waals surface area contributed by atoms with Gasteiger partial charge in [0, 0.05) is 43.8 Å². The lowest BCUT2D eigenvalue weighted by Gasteiger charge is -2.36. The summed E-state index contributed by atoms with van der Waals surface area (Å²) in [5, 5.41) is 10.7. The highest BCUT2D eigenvalue weighted by molar-refractivity contribution is 6.33. The molecule has 3 N–H and O–H groups in total. The molecule has 9 nitrogen and oxygen atoms in total. The van der Waals surface area contributed by atoms with E-state index in [9.17, 15) is 4.79 Å². The van der Waals surface area contributed by atoms with E-state index in [1.54, 1.807) is 12.4 Å². The van der Waals surface area contributed by atoms with Gasteiger partial charge in [-0.15, -0.1) is 0 Å². The Labute approximate surface area is 236 Å². The van der Waals surface area contributed by atoms with Crippen molar-refractivity contribution < 1.29 is 4.79 Å². The Balaban J connectivity index is 1.22. The van der Waals surface area contributed by atoms with Crippen molar-refractivity contribution in [3.63, 3.8) is 0 Å². The number of hydrogen-bond acceptors (Lipinski definition) is 7. The van der Waals surface area contributed by atoms with Crippen molar-refractivity contribution in [2.75, 3.05) is 47.0 Å². The van der Waals surface area contributed by atoms with Crippen LogP contribution in [0.3, 0.4) is 0 Å².